The van der Waals surface area contributed by atoms with Gasteiger partial charge >= 0.3 is 0 Å². The molecule has 2 heterocycles. The molecule has 7 heteroatoms. The van der Waals surface area contributed by atoms with Gasteiger partial charge < -0.3 is 10.3 Å². The van der Waals surface area contributed by atoms with Crippen molar-refractivity contribution < 1.29 is 8.42 Å². The van der Waals surface area contributed by atoms with Crippen molar-refractivity contribution in [1.29, 1.82) is 0 Å². The molecule has 0 aliphatic rings. The van der Waals surface area contributed by atoms with Crippen LogP contribution in [0.3, 0.4) is 0 Å². The maximum atomic E-state index is 12.2. The van der Waals surface area contributed by atoms with Gasteiger partial charge in [-0.25, -0.2) is 18.4 Å². The molecular weight excluding hydrogens is 348 g/mol. The van der Waals surface area contributed by atoms with Crippen molar-refractivity contribution in [3.63, 3.8) is 0 Å². The Hall–Kier alpha value is -1.63. The van der Waals surface area contributed by atoms with E-state index in [2.05, 4.69) is 16.5 Å². The van der Waals surface area contributed by atoms with Gasteiger partial charge in [-0.05, 0) is 38.7 Å². The van der Waals surface area contributed by atoms with E-state index in [4.69, 9.17) is 10.7 Å². The first-order valence-electron chi connectivity index (χ1n) is 9.62. The number of unbranched alkanes of at least 4 members (excludes halogenated alkanes) is 2. The number of aromatic nitrogens is 3. The molecule has 6 nitrogen and oxygen atoms in total. The first-order valence-corrected chi connectivity index (χ1v) is 11.4. The lowest BCUT2D eigenvalue weighted by Gasteiger charge is -2.12. The number of hydrogen-bond acceptors (Lipinski definition) is 5. The Morgan fingerprint density at radius 2 is 1.65 bits per heavy atom. The molecule has 2 aromatic heterocycles. The van der Waals surface area contributed by atoms with E-state index in [1.54, 1.807) is 0 Å². The topological polar surface area (TPSA) is 90.9 Å². The summed E-state index contributed by atoms with van der Waals surface area (Å²) in [6, 6.07) is 0. The Bertz CT molecular complexity index is 856. The summed E-state index contributed by atoms with van der Waals surface area (Å²) in [6.45, 7) is 8.78. The van der Waals surface area contributed by atoms with Gasteiger partial charge in [0.1, 0.15) is 21.2 Å². The third kappa shape index (κ3) is 4.75. The fraction of sp³-hybridized carbons (Fsp3) is 0.684. The number of nitrogens with two attached hydrogens (primary N) is 1. The third-order valence-corrected chi connectivity index (χ3v) is 6.70. The number of aryl methyl sites for hydroxylation is 4. The normalized spacial score (nSPS) is 12.2. The number of pyridine rings is 1. The number of imidazole rings is 1. The zero-order valence-corrected chi connectivity index (χ0v) is 17.3. The highest BCUT2D eigenvalue weighted by Crippen LogP contribution is 2.27. The lowest BCUT2D eigenvalue weighted by molar-refractivity contribution is 0.580. The summed E-state index contributed by atoms with van der Waals surface area (Å²) in [5, 5.41) is 0. The first-order chi connectivity index (χ1) is 12.3. The van der Waals surface area contributed by atoms with Gasteiger partial charge in [0, 0.05) is 18.7 Å². The summed E-state index contributed by atoms with van der Waals surface area (Å²) in [5.41, 5.74) is 9.82. The quantitative estimate of drug-likeness (QED) is 0.680. The lowest BCUT2D eigenvalue weighted by atomic mass is 10.2. The van der Waals surface area contributed by atoms with E-state index >= 15 is 0 Å². The minimum Gasteiger partial charge on any atom is -0.382 e. The molecule has 0 saturated carbocycles. The summed E-state index contributed by atoms with van der Waals surface area (Å²) in [6.07, 6.45) is 5.22. The number of nitrogen functional groups attached to an aromatic ring is 1. The van der Waals surface area contributed by atoms with E-state index in [-0.39, 0.29) is 11.5 Å². The molecule has 0 aliphatic carbocycles. The fourth-order valence-electron chi connectivity index (χ4n) is 3.22. The highest BCUT2D eigenvalue weighted by Gasteiger charge is 2.18. The van der Waals surface area contributed by atoms with E-state index in [1.807, 2.05) is 20.8 Å². The SMILES string of the molecule is CCCCc1nc2c(N)nc(C)c(C)c2n1CCCS(=O)(=O)CCCC. The summed E-state index contributed by atoms with van der Waals surface area (Å²) >= 11 is 0. The maximum Gasteiger partial charge on any atom is 0.151 e. The van der Waals surface area contributed by atoms with Gasteiger partial charge in [0.15, 0.2) is 5.82 Å². The van der Waals surface area contributed by atoms with Crippen LogP contribution in [0.4, 0.5) is 5.82 Å². The molecule has 0 saturated heterocycles. The molecule has 0 fully saturated rings. The van der Waals surface area contributed by atoms with Crippen molar-refractivity contribution in [2.24, 2.45) is 0 Å². The van der Waals surface area contributed by atoms with Gasteiger partial charge in [0.2, 0.25) is 0 Å². The summed E-state index contributed by atoms with van der Waals surface area (Å²) < 4.78 is 26.5. The standard InChI is InChI=1S/C19H32N4O2S/c1-5-7-10-16-22-17-18(14(3)15(4)21-19(17)20)23(16)11-9-13-26(24,25)12-8-6-2/h5-13H2,1-4H3,(H2,20,21). The number of hydrogen-bond donors (Lipinski definition) is 1. The summed E-state index contributed by atoms with van der Waals surface area (Å²) in [4.78, 5) is 9.14. The smallest absolute Gasteiger partial charge is 0.151 e. The number of fused-ring (bicyclic) bond motifs is 1. The first kappa shape index (κ1) is 20.7. The van der Waals surface area contributed by atoms with Crippen LogP contribution in [0, 0.1) is 13.8 Å². The molecule has 146 valence electrons. The van der Waals surface area contributed by atoms with Crippen LogP contribution >= 0.6 is 0 Å². The van der Waals surface area contributed by atoms with Crippen molar-refractivity contribution in [3.8, 4) is 0 Å². The predicted octanol–water partition coefficient (Wildman–Crippen LogP) is 3.58. The summed E-state index contributed by atoms with van der Waals surface area (Å²) in [7, 11) is -2.98. The molecule has 0 radical (unpaired) electrons. The molecule has 0 spiro atoms. The minimum absolute atomic E-state index is 0.221. The van der Waals surface area contributed by atoms with E-state index in [1.165, 1.54) is 0 Å². The molecule has 26 heavy (non-hydrogen) atoms. The Labute approximate surface area is 157 Å². The van der Waals surface area contributed by atoms with Gasteiger partial charge in [-0.15, -0.1) is 0 Å². The number of nitrogens with zero attached hydrogens (tertiary/aromatic N) is 3. The maximum absolute atomic E-state index is 12.2. The van der Waals surface area contributed by atoms with Crippen molar-refractivity contribution >= 4 is 26.7 Å². The molecule has 0 amide bonds. The van der Waals surface area contributed by atoms with Crippen molar-refractivity contribution in [2.75, 3.05) is 17.2 Å². The predicted molar refractivity (Wildman–Crippen MR) is 108 cm³/mol. The van der Waals surface area contributed by atoms with Crippen LogP contribution in [0.15, 0.2) is 0 Å². The molecule has 2 rings (SSSR count). The molecule has 2 aromatic rings. The Morgan fingerprint density at radius 3 is 2.31 bits per heavy atom. The average molecular weight is 381 g/mol. The number of sulfone groups is 1. The van der Waals surface area contributed by atoms with Crippen LogP contribution in [-0.2, 0) is 22.8 Å². The van der Waals surface area contributed by atoms with Gasteiger partial charge in [0.25, 0.3) is 0 Å². The van der Waals surface area contributed by atoms with Crippen LogP contribution in [-0.4, -0.2) is 34.5 Å². The van der Waals surface area contributed by atoms with Gasteiger partial charge in [-0.2, -0.15) is 0 Å². The van der Waals surface area contributed by atoms with Crippen molar-refractivity contribution in [1.82, 2.24) is 14.5 Å². The monoisotopic (exact) mass is 380 g/mol. The largest absolute Gasteiger partial charge is 0.382 e. The van der Waals surface area contributed by atoms with Crippen molar-refractivity contribution in [3.05, 3.63) is 17.1 Å². The Balaban J connectivity index is 2.31. The average Bonchev–Trinajstić information content (AvgIpc) is 2.95. The van der Waals surface area contributed by atoms with Crippen molar-refractivity contribution in [2.45, 2.75) is 72.8 Å². The fourth-order valence-corrected chi connectivity index (χ4v) is 4.72. The molecule has 0 bridgehead atoms. The van der Waals surface area contributed by atoms with E-state index in [0.29, 0.717) is 18.8 Å². The molecule has 0 unspecified atom stereocenters. The van der Waals surface area contributed by atoms with E-state index in [9.17, 15) is 8.42 Å². The number of rotatable bonds is 10. The van der Waals surface area contributed by atoms with Crippen LogP contribution in [0.5, 0.6) is 0 Å². The molecule has 0 aromatic carbocycles. The highest BCUT2D eigenvalue weighted by atomic mass is 32.2. The van der Waals surface area contributed by atoms with Gasteiger partial charge in [-0.3, -0.25) is 0 Å². The van der Waals surface area contributed by atoms with E-state index in [0.717, 1.165) is 60.2 Å². The minimum atomic E-state index is -2.98. The highest BCUT2D eigenvalue weighted by molar-refractivity contribution is 7.91. The number of anilines is 1. The van der Waals surface area contributed by atoms with E-state index < -0.39 is 9.84 Å². The van der Waals surface area contributed by atoms with Gasteiger partial charge in [0.05, 0.1) is 17.0 Å². The second-order valence-electron chi connectivity index (χ2n) is 7.05. The van der Waals surface area contributed by atoms with Crippen LogP contribution in [0.1, 0.15) is 63.0 Å². The third-order valence-electron chi connectivity index (χ3n) is 4.88. The molecular formula is C19H32N4O2S. The summed E-state index contributed by atoms with van der Waals surface area (Å²) in [5.74, 6) is 1.94. The van der Waals surface area contributed by atoms with Gasteiger partial charge in [-0.1, -0.05) is 26.7 Å². The lowest BCUT2D eigenvalue weighted by Crippen LogP contribution is -2.14. The zero-order valence-electron chi connectivity index (χ0n) is 16.5. The van der Waals surface area contributed by atoms with Crippen LogP contribution < -0.4 is 5.73 Å². The zero-order chi connectivity index (χ0) is 19.3. The Morgan fingerprint density at radius 1 is 1.00 bits per heavy atom. The van der Waals surface area contributed by atoms with Crippen LogP contribution in [0.2, 0.25) is 0 Å². The Kier molecular flexibility index (Phi) is 7.03. The van der Waals surface area contributed by atoms with Crippen LogP contribution in [0.25, 0.3) is 11.0 Å². The molecule has 0 atom stereocenters. The second-order valence-corrected chi connectivity index (χ2v) is 9.35. The second kappa shape index (κ2) is 8.84. The molecule has 0 aliphatic heterocycles. The molecule has 2 N–H and O–H groups in total.